The zero-order valence-corrected chi connectivity index (χ0v) is 11.5. The first-order chi connectivity index (χ1) is 9.66. The average Bonchev–Trinajstić information content (AvgIpc) is 2.48. The fourth-order valence-electron chi connectivity index (χ4n) is 2.21. The van der Waals surface area contributed by atoms with Crippen LogP contribution < -0.4 is 5.32 Å². The van der Waals surface area contributed by atoms with Crippen molar-refractivity contribution in [2.45, 2.75) is 25.4 Å². The van der Waals surface area contributed by atoms with Gasteiger partial charge in [-0.15, -0.1) is 0 Å². The van der Waals surface area contributed by atoms with E-state index in [1.165, 1.54) is 0 Å². The minimum atomic E-state index is -0.823. The molecule has 2 N–H and O–H groups in total. The molecule has 0 aromatic heterocycles. The zero-order valence-electron chi connectivity index (χ0n) is 11.5. The summed E-state index contributed by atoms with van der Waals surface area (Å²) in [7, 11) is 0. The quantitative estimate of drug-likeness (QED) is 0.847. The van der Waals surface area contributed by atoms with Gasteiger partial charge in [-0.05, 0) is 24.5 Å². The lowest BCUT2D eigenvalue weighted by Crippen LogP contribution is -2.40. The first-order valence-electron chi connectivity index (χ1n) is 6.74. The van der Waals surface area contributed by atoms with Gasteiger partial charge in [-0.3, -0.25) is 10.1 Å². The largest absolute Gasteiger partial charge is 0.480 e. The van der Waals surface area contributed by atoms with Crippen molar-refractivity contribution in [3.8, 4) is 0 Å². The van der Waals surface area contributed by atoms with Gasteiger partial charge in [0.25, 0.3) is 0 Å². The standard InChI is InChI=1S/C17H19NO2/c1-13(15-10-6-3-7-11-15)18-16(17(19)20)12-14-8-4-2-5-9-14/h2-11,13,16,18H,12H2,1H3,(H,19,20)/t13-,16+/m0/s1. The Morgan fingerprint density at radius 2 is 1.60 bits per heavy atom. The molecule has 0 aliphatic heterocycles. The molecule has 0 saturated heterocycles. The van der Waals surface area contributed by atoms with Crippen LogP contribution in [0, 0.1) is 0 Å². The number of nitrogens with one attached hydrogen (secondary N) is 1. The second kappa shape index (κ2) is 6.87. The summed E-state index contributed by atoms with van der Waals surface area (Å²) in [5.41, 5.74) is 2.11. The molecule has 0 heterocycles. The first-order valence-corrected chi connectivity index (χ1v) is 6.74. The summed E-state index contributed by atoms with van der Waals surface area (Å²) in [5, 5.41) is 12.5. The molecule has 2 atom stereocenters. The molecule has 2 aromatic carbocycles. The van der Waals surface area contributed by atoms with Gasteiger partial charge < -0.3 is 5.11 Å². The van der Waals surface area contributed by atoms with Crippen LogP contribution in [0.15, 0.2) is 60.7 Å². The summed E-state index contributed by atoms with van der Waals surface area (Å²) in [6.07, 6.45) is 0.480. The van der Waals surface area contributed by atoms with Crippen LogP contribution in [0.25, 0.3) is 0 Å². The SMILES string of the molecule is C[C@H](N[C@H](Cc1ccccc1)C(=O)O)c1ccccc1. The second-order valence-electron chi connectivity index (χ2n) is 4.88. The number of carboxylic acids is 1. The number of hydrogen-bond donors (Lipinski definition) is 2. The van der Waals surface area contributed by atoms with Crippen molar-refractivity contribution in [2.24, 2.45) is 0 Å². The maximum absolute atomic E-state index is 11.4. The monoisotopic (exact) mass is 269 g/mol. The molecule has 0 bridgehead atoms. The van der Waals surface area contributed by atoms with Crippen molar-refractivity contribution in [1.82, 2.24) is 5.32 Å². The molecule has 2 rings (SSSR count). The Morgan fingerprint density at radius 1 is 1.05 bits per heavy atom. The fourth-order valence-corrected chi connectivity index (χ4v) is 2.21. The maximum Gasteiger partial charge on any atom is 0.321 e. The Labute approximate surface area is 119 Å². The van der Waals surface area contributed by atoms with Gasteiger partial charge in [0.2, 0.25) is 0 Å². The molecule has 3 nitrogen and oxygen atoms in total. The van der Waals surface area contributed by atoms with Crippen molar-refractivity contribution in [3.05, 3.63) is 71.8 Å². The lowest BCUT2D eigenvalue weighted by Gasteiger charge is -2.20. The highest BCUT2D eigenvalue weighted by Gasteiger charge is 2.20. The Morgan fingerprint density at radius 3 is 2.15 bits per heavy atom. The van der Waals surface area contributed by atoms with Crippen molar-refractivity contribution in [2.75, 3.05) is 0 Å². The van der Waals surface area contributed by atoms with Gasteiger partial charge in [0.15, 0.2) is 0 Å². The van der Waals surface area contributed by atoms with E-state index in [0.29, 0.717) is 6.42 Å². The molecule has 0 radical (unpaired) electrons. The molecule has 104 valence electrons. The summed E-state index contributed by atoms with van der Waals surface area (Å²) in [5.74, 6) is -0.823. The van der Waals surface area contributed by atoms with Gasteiger partial charge in [-0.2, -0.15) is 0 Å². The molecule has 0 fully saturated rings. The highest BCUT2D eigenvalue weighted by atomic mass is 16.4. The minimum Gasteiger partial charge on any atom is -0.480 e. The Balaban J connectivity index is 2.05. The van der Waals surface area contributed by atoms with Crippen LogP contribution in [0.3, 0.4) is 0 Å². The highest BCUT2D eigenvalue weighted by Crippen LogP contribution is 2.13. The Bertz CT molecular complexity index is 539. The average molecular weight is 269 g/mol. The fraction of sp³-hybridized carbons (Fsp3) is 0.235. The number of carboxylic acid groups (broad SMARTS) is 1. The van der Waals surface area contributed by atoms with Gasteiger partial charge in [-0.25, -0.2) is 0 Å². The van der Waals surface area contributed by atoms with Crippen LogP contribution in [0.4, 0.5) is 0 Å². The van der Waals surface area contributed by atoms with Gasteiger partial charge in [-0.1, -0.05) is 60.7 Å². The van der Waals surface area contributed by atoms with E-state index in [-0.39, 0.29) is 6.04 Å². The number of aliphatic carboxylic acids is 1. The summed E-state index contributed by atoms with van der Waals surface area (Å²) in [6, 6.07) is 19.0. The Hall–Kier alpha value is -2.13. The number of carbonyl (C=O) groups is 1. The molecule has 0 amide bonds. The summed E-state index contributed by atoms with van der Waals surface area (Å²) >= 11 is 0. The van der Waals surface area contributed by atoms with E-state index in [1.807, 2.05) is 67.6 Å². The van der Waals surface area contributed by atoms with Gasteiger partial charge in [0.05, 0.1) is 0 Å². The molecular formula is C17H19NO2. The van der Waals surface area contributed by atoms with Crippen molar-refractivity contribution in [3.63, 3.8) is 0 Å². The molecule has 0 aliphatic carbocycles. The first kappa shape index (κ1) is 14.3. The molecule has 0 unspecified atom stereocenters. The molecular weight excluding hydrogens is 250 g/mol. The zero-order chi connectivity index (χ0) is 14.4. The van der Waals surface area contributed by atoms with E-state index in [0.717, 1.165) is 11.1 Å². The van der Waals surface area contributed by atoms with Crippen LogP contribution in [-0.2, 0) is 11.2 Å². The van der Waals surface area contributed by atoms with Crippen LogP contribution >= 0.6 is 0 Å². The van der Waals surface area contributed by atoms with Crippen LogP contribution in [0.5, 0.6) is 0 Å². The third-order valence-electron chi connectivity index (χ3n) is 3.33. The predicted octanol–water partition coefficient (Wildman–Crippen LogP) is 3.03. The molecule has 20 heavy (non-hydrogen) atoms. The topological polar surface area (TPSA) is 49.3 Å². The molecule has 0 saturated carbocycles. The normalized spacial score (nSPS) is 13.7. The van der Waals surface area contributed by atoms with Crippen molar-refractivity contribution >= 4 is 5.97 Å². The van der Waals surface area contributed by atoms with Crippen LogP contribution in [0.1, 0.15) is 24.1 Å². The van der Waals surface area contributed by atoms with Gasteiger partial charge in [0, 0.05) is 6.04 Å². The molecule has 3 heteroatoms. The summed E-state index contributed by atoms with van der Waals surface area (Å²) < 4.78 is 0. The number of hydrogen-bond acceptors (Lipinski definition) is 2. The Kier molecular flexibility index (Phi) is 4.91. The van der Waals surface area contributed by atoms with E-state index >= 15 is 0 Å². The van der Waals surface area contributed by atoms with Crippen LogP contribution in [-0.4, -0.2) is 17.1 Å². The van der Waals surface area contributed by atoms with Gasteiger partial charge >= 0.3 is 5.97 Å². The predicted molar refractivity (Wildman–Crippen MR) is 79.6 cm³/mol. The highest BCUT2D eigenvalue weighted by molar-refractivity contribution is 5.74. The smallest absolute Gasteiger partial charge is 0.321 e. The summed E-state index contributed by atoms with van der Waals surface area (Å²) in [6.45, 7) is 1.98. The van der Waals surface area contributed by atoms with E-state index in [1.54, 1.807) is 0 Å². The second-order valence-corrected chi connectivity index (χ2v) is 4.88. The molecule has 0 spiro atoms. The van der Waals surface area contributed by atoms with E-state index in [2.05, 4.69) is 5.32 Å². The van der Waals surface area contributed by atoms with Crippen molar-refractivity contribution in [1.29, 1.82) is 0 Å². The minimum absolute atomic E-state index is 0.000937. The third-order valence-corrected chi connectivity index (χ3v) is 3.33. The summed E-state index contributed by atoms with van der Waals surface area (Å²) in [4.78, 5) is 11.4. The van der Waals surface area contributed by atoms with Crippen molar-refractivity contribution < 1.29 is 9.90 Å². The third kappa shape index (κ3) is 3.93. The number of rotatable bonds is 6. The van der Waals surface area contributed by atoms with Crippen LogP contribution in [0.2, 0.25) is 0 Å². The molecule has 2 aromatic rings. The van der Waals surface area contributed by atoms with E-state index in [4.69, 9.17) is 0 Å². The molecule has 0 aliphatic rings. The van der Waals surface area contributed by atoms with Gasteiger partial charge in [0.1, 0.15) is 6.04 Å². The maximum atomic E-state index is 11.4. The van der Waals surface area contributed by atoms with E-state index in [9.17, 15) is 9.90 Å². The number of benzene rings is 2. The lowest BCUT2D eigenvalue weighted by atomic mass is 10.0. The lowest BCUT2D eigenvalue weighted by molar-refractivity contribution is -0.139. The van der Waals surface area contributed by atoms with E-state index < -0.39 is 12.0 Å².